The number of aromatic nitrogens is 2. The molecule has 1 aromatic carbocycles. The van der Waals surface area contributed by atoms with Crippen molar-refractivity contribution in [1.82, 2.24) is 14.3 Å². The van der Waals surface area contributed by atoms with Gasteiger partial charge in [0.2, 0.25) is 5.13 Å². The van der Waals surface area contributed by atoms with Gasteiger partial charge in [-0.1, -0.05) is 39.8 Å². The molecule has 1 aliphatic heterocycles. The Hall–Kier alpha value is -2.15. The first kappa shape index (κ1) is 23.0. The zero-order valence-corrected chi connectivity index (χ0v) is 21.3. The van der Waals surface area contributed by atoms with Crippen LogP contribution in [0.15, 0.2) is 18.2 Å². The molecule has 0 radical (unpaired) electrons. The Morgan fingerprint density at radius 3 is 2.25 bits per heavy atom. The predicted octanol–water partition coefficient (Wildman–Crippen LogP) is 5.61. The normalized spacial score (nSPS) is 20.1. The smallest absolute Gasteiger partial charge is 0.410 e. The fourth-order valence-corrected chi connectivity index (χ4v) is 5.34. The van der Waals surface area contributed by atoms with E-state index in [9.17, 15) is 4.79 Å². The van der Waals surface area contributed by atoms with Crippen LogP contribution in [0.3, 0.4) is 0 Å². The highest BCUT2D eigenvalue weighted by molar-refractivity contribution is 7.09. The van der Waals surface area contributed by atoms with Crippen molar-refractivity contribution in [2.45, 2.75) is 77.7 Å². The highest BCUT2D eigenvalue weighted by Crippen LogP contribution is 2.46. The van der Waals surface area contributed by atoms with Crippen LogP contribution in [0.5, 0.6) is 0 Å². The second-order valence-corrected chi connectivity index (χ2v) is 12.1. The number of amides is 1. The molecule has 1 aliphatic carbocycles. The highest BCUT2D eigenvalue weighted by atomic mass is 32.1. The summed E-state index contributed by atoms with van der Waals surface area (Å²) in [4.78, 5) is 21.2. The SMILES string of the molecule is CC(C)(C)OC(=O)N1CCN(c2nc(-c3ccc4c(c3)C(C)(C)CCC4(C)C)ns2)CC1. The molecule has 2 aromatic rings. The molecule has 0 N–H and O–H groups in total. The number of hydrogen-bond acceptors (Lipinski definition) is 6. The van der Waals surface area contributed by atoms with Gasteiger partial charge in [-0.05, 0) is 61.6 Å². The summed E-state index contributed by atoms with van der Waals surface area (Å²) in [6.07, 6.45) is 2.16. The van der Waals surface area contributed by atoms with E-state index in [1.807, 2.05) is 20.8 Å². The van der Waals surface area contributed by atoms with Crippen molar-refractivity contribution in [3.63, 3.8) is 0 Å². The van der Waals surface area contributed by atoms with Crippen LogP contribution in [0.1, 0.15) is 72.4 Å². The Kier molecular flexibility index (Phi) is 5.76. The van der Waals surface area contributed by atoms with Crippen molar-refractivity contribution in [3.8, 4) is 11.4 Å². The first-order chi connectivity index (χ1) is 14.9. The Morgan fingerprint density at radius 2 is 1.62 bits per heavy atom. The Balaban J connectivity index is 1.48. The number of ether oxygens (including phenoxy) is 1. The number of anilines is 1. The minimum atomic E-state index is -0.471. The van der Waals surface area contributed by atoms with Crippen LogP contribution >= 0.6 is 11.5 Å². The fraction of sp³-hybridized carbons (Fsp3) is 0.640. The van der Waals surface area contributed by atoms with Crippen molar-refractivity contribution >= 4 is 22.8 Å². The second-order valence-electron chi connectivity index (χ2n) is 11.4. The zero-order chi connectivity index (χ0) is 23.3. The molecule has 0 unspecified atom stereocenters. The van der Waals surface area contributed by atoms with Gasteiger partial charge in [0.05, 0.1) is 0 Å². The molecule has 0 spiro atoms. The van der Waals surface area contributed by atoms with Crippen molar-refractivity contribution in [2.24, 2.45) is 0 Å². The van der Waals surface area contributed by atoms with E-state index in [4.69, 9.17) is 9.72 Å². The molecular weight excluding hydrogens is 420 g/mol. The molecule has 0 atom stereocenters. The number of rotatable bonds is 2. The van der Waals surface area contributed by atoms with Gasteiger partial charge in [-0.15, -0.1) is 0 Å². The van der Waals surface area contributed by atoms with Crippen LogP contribution in [-0.2, 0) is 15.6 Å². The molecular formula is C25H36N4O2S. The predicted molar refractivity (Wildman–Crippen MR) is 131 cm³/mol. The van der Waals surface area contributed by atoms with Gasteiger partial charge in [-0.2, -0.15) is 9.36 Å². The van der Waals surface area contributed by atoms with Crippen LogP contribution in [0.4, 0.5) is 9.93 Å². The summed E-state index contributed by atoms with van der Waals surface area (Å²) in [6.45, 7) is 17.8. The van der Waals surface area contributed by atoms with Gasteiger partial charge in [0.15, 0.2) is 5.82 Å². The van der Waals surface area contributed by atoms with E-state index in [1.165, 1.54) is 35.5 Å². The van der Waals surface area contributed by atoms with Gasteiger partial charge in [0.25, 0.3) is 0 Å². The third kappa shape index (κ3) is 4.63. The molecule has 0 saturated carbocycles. The van der Waals surface area contributed by atoms with E-state index in [1.54, 1.807) is 4.90 Å². The molecule has 7 heteroatoms. The molecule has 1 aromatic heterocycles. The summed E-state index contributed by atoms with van der Waals surface area (Å²) in [5.74, 6) is 0.793. The maximum atomic E-state index is 12.3. The minimum absolute atomic E-state index is 0.164. The van der Waals surface area contributed by atoms with Gasteiger partial charge in [0.1, 0.15) is 5.60 Å². The van der Waals surface area contributed by atoms with Crippen LogP contribution in [0.25, 0.3) is 11.4 Å². The standard InChI is InChI=1S/C25H36N4O2S/c1-23(2,3)31-22(30)29-14-12-28(13-15-29)21-26-20(27-32-21)17-8-9-18-19(16-17)25(6,7)11-10-24(18,4)5/h8-9,16H,10-15H2,1-7H3. The van der Waals surface area contributed by atoms with Crippen LogP contribution in [-0.4, -0.2) is 52.1 Å². The lowest BCUT2D eigenvalue weighted by atomic mass is 9.63. The third-order valence-corrected chi connectivity index (χ3v) is 7.51. The zero-order valence-electron chi connectivity index (χ0n) is 20.5. The Morgan fingerprint density at radius 1 is 1.00 bits per heavy atom. The summed E-state index contributed by atoms with van der Waals surface area (Å²) in [6, 6.07) is 6.77. The second kappa shape index (κ2) is 8.01. The van der Waals surface area contributed by atoms with Gasteiger partial charge < -0.3 is 14.5 Å². The van der Waals surface area contributed by atoms with E-state index in [0.29, 0.717) is 13.1 Å². The van der Waals surface area contributed by atoms with E-state index in [2.05, 4.69) is 55.2 Å². The van der Waals surface area contributed by atoms with Crippen molar-refractivity contribution in [1.29, 1.82) is 0 Å². The summed E-state index contributed by atoms with van der Waals surface area (Å²) in [5.41, 5.74) is 3.86. The van der Waals surface area contributed by atoms with Crippen molar-refractivity contribution in [2.75, 3.05) is 31.1 Å². The first-order valence-corrected chi connectivity index (χ1v) is 12.4. The number of nitrogens with zero attached hydrogens (tertiary/aromatic N) is 4. The lowest BCUT2D eigenvalue weighted by molar-refractivity contribution is 0.0240. The first-order valence-electron chi connectivity index (χ1n) is 11.6. The lowest BCUT2D eigenvalue weighted by Crippen LogP contribution is -2.50. The Bertz CT molecular complexity index is 998. The summed E-state index contributed by atoms with van der Waals surface area (Å²) in [7, 11) is 0. The summed E-state index contributed by atoms with van der Waals surface area (Å²) in [5, 5.41) is 0.918. The molecule has 4 rings (SSSR count). The molecule has 6 nitrogen and oxygen atoms in total. The average Bonchev–Trinajstić information content (AvgIpc) is 3.20. The van der Waals surface area contributed by atoms with Gasteiger partial charge in [-0.25, -0.2) is 4.79 Å². The number of benzene rings is 1. The van der Waals surface area contributed by atoms with Gasteiger partial charge in [0, 0.05) is 43.3 Å². The van der Waals surface area contributed by atoms with Gasteiger partial charge in [-0.3, -0.25) is 0 Å². The fourth-order valence-electron chi connectivity index (χ4n) is 4.60. The molecule has 1 saturated heterocycles. The topological polar surface area (TPSA) is 58.6 Å². The number of piperazine rings is 1. The molecule has 2 heterocycles. The molecule has 1 amide bonds. The average molecular weight is 457 g/mol. The number of carbonyl (C=O) groups is 1. The molecule has 174 valence electrons. The lowest BCUT2D eigenvalue weighted by Gasteiger charge is -2.42. The highest BCUT2D eigenvalue weighted by Gasteiger charge is 2.37. The molecule has 0 bridgehead atoms. The summed E-state index contributed by atoms with van der Waals surface area (Å²) >= 11 is 1.44. The Labute approximate surface area is 196 Å². The van der Waals surface area contributed by atoms with E-state index >= 15 is 0 Å². The van der Waals surface area contributed by atoms with E-state index < -0.39 is 5.60 Å². The van der Waals surface area contributed by atoms with E-state index in [0.717, 1.165) is 29.6 Å². The van der Waals surface area contributed by atoms with Crippen LogP contribution in [0.2, 0.25) is 0 Å². The largest absolute Gasteiger partial charge is 0.444 e. The molecule has 32 heavy (non-hydrogen) atoms. The van der Waals surface area contributed by atoms with Crippen LogP contribution < -0.4 is 4.90 Å². The monoisotopic (exact) mass is 456 g/mol. The summed E-state index contributed by atoms with van der Waals surface area (Å²) < 4.78 is 10.2. The van der Waals surface area contributed by atoms with Crippen LogP contribution in [0, 0.1) is 0 Å². The third-order valence-electron chi connectivity index (χ3n) is 6.73. The van der Waals surface area contributed by atoms with Gasteiger partial charge >= 0.3 is 6.09 Å². The van der Waals surface area contributed by atoms with E-state index in [-0.39, 0.29) is 16.9 Å². The van der Waals surface area contributed by atoms with Crippen molar-refractivity contribution in [3.05, 3.63) is 29.3 Å². The number of fused-ring (bicyclic) bond motifs is 1. The maximum absolute atomic E-state index is 12.3. The number of hydrogen-bond donors (Lipinski definition) is 0. The maximum Gasteiger partial charge on any atom is 0.410 e. The number of carbonyl (C=O) groups excluding carboxylic acids is 1. The van der Waals surface area contributed by atoms with Crippen molar-refractivity contribution < 1.29 is 9.53 Å². The quantitative estimate of drug-likeness (QED) is 0.588. The molecule has 1 fully saturated rings. The molecule has 2 aliphatic rings. The minimum Gasteiger partial charge on any atom is -0.444 e.